The number of rotatable bonds is 4. The Labute approximate surface area is 138 Å². The Kier molecular flexibility index (Phi) is 5.59. The summed E-state index contributed by atoms with van der Waals surface area (Å²) >= 11 is 24.0. The Morgan fingerprint density at radius 3 is 2.15 bits per heavy atom. The van der Waals surface area contributed by atoms with Crippen molar-refractivity contribution >= 4 is 46.4 Å². The van der Waals surface area contributed by atoms with Gasteiger partial charge in [-0.2, -0.15) is 0 Å². The molecule has 1 atom stereocenters. The second-order valence-corrected chi connectivity index (χ2v) is 6.26. The standard InChI is InChI=1S/C15H13Cl4N/c1-9(14-3-2-11(16)7-15(14)19)20-8-10-4-12(17)6-13(18)5-10/h2-7,9,20H,8H2,1H3. The molecule has 0 fully saturated rings. The topological polar surface area (TPSA) is 12.0 Å². The summed E-state index contributed by atoms with van der Waals surface area (Å²) in [5, 5.41) is 5.93. The molecule has 1 N–H and O–H groups in total. The van der Waals surface area contributed by atoms with Crippen LogP contribution in [0.5, 0.6) is 0 Å². The van der Waals surface area contributed by atoms with Gasteiger partial charge in [0.25, 0.3) is 0 Å². The monoisotopic (exact) mass is 347 g/mol. The molecule has 5 heteroatoms. The van der Waals surface area contributed by atoms with Crippen LogP contribution in [0.25, 0.3) is 0 Å². The van der Waals surface area contributed by atoms with Gasteiger partial charge in [-0.3, -0.25) is 0 Å². The summed E-state index contributed by atoms with van der Waals surface area (Å²) in [4.78, 5) is 0. The van der Waals surface area contributed by atoms with Gasteiger partial charge in [0, 0.05) is 32.7 Å². The molecule has 0 aliphatic heterocycles. The van der Waals surface area contributed by atoms with E-state index in [0.29, 0.717) is 26.6 Å². The number of benzene rings is 2. The van der Waals surface area contributed by atoms with Crippen LogP contribution >= 0.6 is 46.4 Å². The summed E-state index contributed by atoms with van der Waals surface area (Å²) in [6.45, 7) is 2.70. The van der Waals surface area contributed by atoms with Gasteiger partial charge in [0.05, 0.1) is 0 Å². The molecule has 20 heavy (non-hydrogen) atoms. The summed E-state index contributed by atoms with van der Waals surface area (Å²) in [6.07, 6.45) is 0. The molecule has 2 rings (SSSR count). The van der Waals surface area contributed by atoms with Crippen molar-refractivity contribution in [3.63, 3.8) is 0 Å². The molecule has 0 aliphatic rings. The van der Waals surface area contributed by atoms with Crippen molar-refractivity contribution in [3.05, 3.63) is 67.6 Å². The fraction of sp³-hybridized carbons (Fsp3) is 0.200. The van der Waals surface area contributed by atoms with Gasteiger partial charge in [-0.1, -0.05) is 52.5 Å². The maximum absolute atomic E-state index is 6.19. The van der Waals surface area contributed by atoms with Gasteiger partial charge < -0.3 is 5.32 Å². The van der Waals surface area contributed by atoms with E-state index in [4.69, 9.17) is 46.4 Å². The summed E-state index contributed by atoms with van der Waals surface area (Å²) in [6, 6.07) is 11.1. The highest BCUT2D eigenvalue weighted by Crippen LogP contribution is 2.26. The van der Waals surface area contributed by atoms with Crippen molar-refractivity contribution in [2.24, 2.45) is 0 Å². The Morgan fingerprint density at radius 1 is 0.900 bits per heavy atom. The lowest BCUT2D eigenvalue weighted by Crippen LogP contribution is -2.18. The van der Waals surface area contributed by atoms with E-state index >= 15 is 0 Å². The van der Waals surface area contributed by atoms with E-state index in [2.05, 4.69) is 5.32 Å². The van der Waals surface area contributed by atoms with Crippen molar-refractivity contribution in [3.8, 4) is 0 Å². The highest BCUT2D eigenvalue weighted by molar-refractivity contribution is 6.35. The zero-order valence-electron chi connectivity index (χ0n) is 10.8. The summed E-state index contributed by atoms with van der Waals surface area (Å²) in [7, 11) is 0. The summed E-state index contributed by atoms with van der Waals surface area (Å²) in [5.74, 6) is 0. The number of hydrogen-bond donors (Lipinski definition) is 1. The third-order valence-corrected chi connectivity index (χ3v) is 3.96. The maximum Gasteiger partial charge on any atom is 0.0468 e. The van der Waals surface area contributed by atoms with Crippen LogP contribution in [0.4, 0.5) is 0 Å². The van der Waals surface area contributed by atoms with Crippen LogP contribution < -0.4 is 5.32 Å². The highest BCUT2D eigenvalue weighted by atomic mass is 35.5. The van der Waals surface area contributed by atoms with Crippen LogP contribution in [0, 0.1) is 0 Å². The van der Waals surface area contributed by atoms with E-state index in [1.54, 1.807) is 12.1 Å². The van der Waals surface area contributed by atoms with E-state index in [-0.39, 0.29) is 6.04 Å². The molecule has 1 unspecified atom stereocenters. The predicted octanol–water partition coefficient (Wildman–Crippen LogP) is 6.15. The SMILES string of the molecule is CC(NCc1cc(Cl)cc(Cl)c1)c1ccc(Cl)cc1Cl. The van der Waals surface area contributed by atoms with Crippen LogP contribution in [-0.4, -0.2) is 0 Å². The average Bonchev–Trinajstić information content (AvgIpc) is 2.35. The van der Waals surface area contributed by atoms with Crippen LogP contribution in [0.15, 0.2) is 36.4 Å². The second kappa shape index (κ2) is 7.02. The van der Waals surface area contributed by atoms with Gasteiger partial charge in [0.2, 0.25) is 0 Å². The zero-order valence-corrected chi connectivity index (χ0v) is 13.8. The maximum atomic E-state index is 6.19. The highest BCUT2D eigenvalue weighted by Gasteiger charge is 2.10. The Balaban J connectivity index is 2.06. The van der Waals surface area contributed by atoms with E-state index in [0.717, 1.165) is 11.1 Å². The molecule has 0 saturated heterocycles. The molecule has 0 bridgehead atoms. The van der Waals surface area contributed by atoms with Gasteiger partial charge in [-0.15, -0.1) is 0 Å². The van der Waals surface area contributed by atoms with E-state index in [1.165, 1.54) is 0 Å². The quantitative estimate of drug-likeness (QED) is 0.698. The molecule has 2 aromatic rings. The van der Waals surface area contributed by atoms with E-state index < -0.39 is 0 Å². The molecule has 106 valence electrons. The van der Waals surface area contributed by atoms with Gasteiger partial charge in [-0.05, 0) is 48.4 Å². The van der Waals surface area contributed by atoms with Crippen molar-refractivity contribution in [2.75, 3.05) is 0 Å². The first-order valence-corrected chi connectivity index (χ1v) is 7.60. The van der Waals surface area contributed by atoms with Crippen molar-refractivity contribution < 1.29 is 0 Å². The molecule has 0 aliphatic carbocycles. The minimum atomic E-state index is 0.0949. The fourth-order valence-corrected chi connectivity index (χ4v) is 3.09. The van der Waals surface area contributed by atoms with Crippen LogP contribution in [0.2, 0.25) is 20.1 Å². The first-order valence-electron chi connectivity index (χ1n) is 6.09. The third-order valence-electron chi connectivity index (χ3n) is 2.96. The van der Waals surface area contributed by atoms with Crippen LogP contribution in [0.1, 0.15) is 24.1 Å². The Morgan fingerprint density at radius 2 is 1.55 bits per heavy atom. The van der Waals surface area contributed by atoms with Crippen LogP contribution in [-0.2, 0) is 6.54 Å². The van der Waals surface area contributed by atoms with Crippen LogP contribution in [0.3, 0.4) is 0 Å². The Bertz CT molecular complexity index is 593. The zero-order chi connectivity index (χ0) is 14.7. The molecule has 0 heterocycles. The molecular formula is C15H13Cl4N. The van der Waals surface area contributed by atoms with Crippen molar-refractivity contribution in [1.29, 1.82) is 0 Å². The molecule has 2 aromatic carbocycles. The molecule has 0 spiro atoms. The molecule has 0 aromatic heterocycles. The first kappa shape index (κ1) is 15.9. The lowest BCUT2D eigenvalue weighted by molar-refractivity contribution is 0.575. The lowest BCUT2D eigenvalue weighted by Gasteiger charge is -2.16. The van der Waals surface area contributed by atoms with Gasteiger partial charge >= 0.3 is 0 Å². The van der Waals surface area contributed by atoms with Gasteiger partial charge in [0.15, 0.2) is 0 Å². The number of hydrogen-bond acceptors (Lipinski definition) is 1. The molecular weight excluding hydrogens is 336 g/mol. The second-order valence-electron chi connectivity index (χ2n) is 4.55. The number of nitrogens with one attached hydrogen (secondary N) is 1. The smallest absolute Gasteiger partial charge is 0.0468 e. The normalized spacial score (nSPS) is 12.4. The molecule has 1 nitrogen and oxygen atoms in total. The summed E-state index contributed by atoms with van der Waals surface area (Å²) < 4.78 is 0. The van der Waals surface area contributed by atoms with Gasteiger partial charge in [0.1, 0.15) is 0 Å². The number of halogens is 4. The van der Waals surface area contributed by atoms with E-state index in [9.17, 15) is 0 Å². The minimum Gasteiger partial charge on any atom is -0.306 e. The van der Waals surface area contributed by atoms with Crippen molar-refractivity contribution in [2.45, 2.75) is 19.5 Å². The first-order chi connectivity index (χ1) is 9.45. The van der Waals surface area contributed by atoms with Gasteiger partial charge in [-0.25, -0.2) is 0 Å². The molecule has 0 amide bonds. The minimum absolute atomic E-state index is 0.0949. The van der Waals surface area contributed by atoms with Crippen molar-refractivity contribution in [1.82, 2.24) is 5.32 Å². The molecule has 0 radical (unpaired) electrons. The van der Waals surface area contributed by atoms with E-state index in [1.807, 2.05) is 31.2 Å². The largest absolute Gasteiger partial charge is 0.306 e. The Hall–Kier alpha value is -0.440. The fourth-order valence-electron chi connectivity index (χ4n) is 1.95. The third kappa shape index (κ3) is 4.28. The molecule has 0 saturated carbocycles. The summed E-state index contributed by atoms with van der Waals surface area (Å²) in [5.41, 5.74) is 2.03. The average molecular weight is 349 g/mol. The predicted molar refractivity (Wildman–Crippen MR) is 88.2 cm³/mol. The lowest BCUT2D eigenvalue weighted by atomic mass is 10.1.